The summed E-state index contributed by atoms with van der Waals surface area (Å²) in [4.78, 5) is 0. The minimum Gasteiger partial charge on any atom is -0.390 e. The summed E-state index contributed by atoms with van der Waals surface area (Å²) in [5.74, 6) is 0. The van der Waals surface area contributed by atoms with E-state index in [1.807, 2.05) is 0 Å². The molecule has 1 heterocycles. The normalized spacial score (nSPS) is 55.3. The maximum Gasteiger partial charge on any atom is 0.186 e. The van der Waals surface area contributed by atoms with Crippen LogP contribution in [0.25, 0.3) is 0 Å². The highest BCUT2D eigenvalue weighted by Crippen LogP contribution is 2.56. The molecule has 94 valence electrons. The zero-order valence-electron chi connectivity index (χ0n) is 9.49. The maximum atomic E-state index is 10.3. The summed E-state index contributed by atoms with van der Waals surface area (Å²) in [6, 6.07) is 0. The first-order valence-corrected chi connectivity index (χ1v) is 5.23. The molecular weight excluding hydrogens is 216 g/mol. The highest BCUT2D eigenvalue weighted by atomic mass is 16.7. The molecule has 1 aliphatic carbocycles. The van der Waals surface area contributed by atoms with Crippen LogP contribution in [0.1, 0.15) is 13.8 Å². The third kappa shape index (κ3) is 1.12. The number of aliphatic hydroxyl groups is 4. The molecule has 0 aromatic heterocycles. The van der Waals surface area contributed by atoms with Gasteiger partial charge in [-0.2, -0.15) is 0 Å². The Morgan fingerprint density at radius 2 is 1.69 bits per heavy atom. The van der Waals surface area contributed by atoms with Crippen LogP contribution in [0.2, 0.25) is 0 Å². The molecule has 1 aliphatic heterocycles. The van der Waals surface area contributed by atoms with Gasteiger partial charge >= 0.3 is 0 Å². The summed E-state index contributed by atoms with van der Waals surface area (Å²) in [5.41, 5.74) is -2.59. The monoisotopic (exact) mass is 234 g/mol. The first kappa shape index (κ1) is 12.2. The SMILES string of the molecule is COC1O[C@@H]2C(O)C(C)(C)[C@]2(O)[C@H](O)[C@H]1O. The minimum atomic E-state index is -1.65. The van der Waals surface area contributed by atoms with Gasteiger partial charge in [0.15, 0.2) is 6.29 Å². The fourth-order valence-electron chi connectivity index (χ4n) is 2.68. The quantitative estimate of drug-likeness (QED) is 0.428. The summed E-state index contributed by atoms with van der Waals surface area (Å²) in [6.07, 6.45) is -5.62. The third-order valence-electron chi connectivity index (χ3n) is 4.06. The lowest BCUT2D eigenvalue weighted by atomic mass is 9.50. The number of hydrogen-bond acceptors (Lipinski definition) is 6. The van der Waals surface area contributed by atoms with E-state index < -0.39 is 41.7 Å². The molecule has 16 heavy (non-hydrogen) atoms. The maximum absolute atomic E-state index is 10.3. The predicted octanol–water partition coefficient (Wildman–Crippen LogP) is -1.79. The lowest BCUT2D eigenvalue weighted by Gasteiger charge is -2.66. The van der Waals surface area contributed by atoms with Crippen molar-refractivity contribution in [3.8, 4) is 0 Å². The van der Waals surface area contributed by atoms with Crippen molar-refractivity contribution in [3.05, 3.63) is 0 Å². The fourth-order valence-corrected chi connectivity index (χ4v) is 2.68. The van der Waals surface area contributed by atoms with Gasteiger partial charge in [-0.25, -0.2) is 0 Å². The van der Waals surface area contributed by atoms with Gasteiger partial charge in [-0.3, -0.25) is 0 Å². The number of ether oxygens (including phenoxy) is 2. The van der Waals surface area contributed by atoms with E-state index in [4.69, 9.17) is 9.47 Å². The van der Waals surface area contributed by atoms with Crippen LogP contribution in [0.4, 0.5) is 0 Å². The molecule has 2 unspecified atom stereocenters. The van der Waals surface area contributed by atoms with E-state index in [1.165, 1.54) is 7.11 Å². The van der Waals surface area contributed by atoms with Crippen molar-refractivity contribution < 1.29 is 29.9 Å². The van der Waals surface area contributed by atoms with Gasteiger partial charge in [-0.15, -0.1) is 0 Å². The second kappa shape index (κ2) is 3.38. The Kier molecular flexibility index (Phi) is 2.58. The molecule has 2 rings (SSSR count). The van der Waals surface area contributed by atoms with Crippen molar-refractivity contribution in [1.82, 2.24) is 0 Å². The summed E-state index contributed by atoms with van der Waals surface area (Å²) >= 11 is 0. The molecule has 0 bridgehead atoms. The lowest BCUT2D eigenvalue weighted by molar-refractivity contribution is -0.419. The van der Waals surface area contributed by atoms with Crippen molar-refractivity contribution in [1.29, 1.82) is 0 Å². The summed E-state index contributed by atoms with van der Waals surface area (Å²) in [6.45, 7) is 3.22. The average molecular weight is 234 g/mol. The highest BCUT2D eigenvalue weighted by molar-refractivity contribution is 5.23. The number of hydrogen-bond donors (Lipinski definition) is 4. The third-order valence-corrected chi connectivity index (χ3v) is 4.06. The van der Waals surface area contributed by atoms with E-state index in [0.717, 1.165) is 0 Å². The Bertz CT molecular complexity index is 289. The van der Waals surface area contributed by atoms with Gasteiger partial charge in [0.05, 0.1) is 6.10 Å². The number of aliphatic hydroxyl groups excluding tert-OH is 3. The average Bonchev–Trinajstić information content (AvgIpc) is 2.25. The molecule has 1 saturated heterocycles. The molecule has 2 fully saturated rings. The minimum absolute atomic E-state index is 0.905. The van der Waals surface area contributed by atoms with Gasteiger partial charge in [-0.05, 0) is 0 Å². The Balaban J connectivity index is 2.31. The smallest absolute Gasteiger partial charge is 0.186 e. The number of methoxy groups -OCH3 is 1. The Hall–Kier alpha value is -0.240. The molecular formula is C10H18O6. The zero-order valence-corrected chi connectivity index (χ0v) is 9.49. The molecule has 6 heteroatoms. The molecule has 0 amide bonds. The van der Waals surface area contributed by atoms with E-state index in [-0.39, 0.29) is 0 Å². The molecule has 6 nitrogen and oxygen atoms in total. The lowest BCUT2D eigenvalue weighted by Crippen LogP contribution is -2.85. The molecule has 1 saturated carbocycles. The van der Waals surface area contributed by atoms with Crippen LogP contribution in [0.5, 0.6) is 0 Å². The largest absolute Gasteiger partial charge is 0.390 e. The zero-order chi connectivity index (χ0) is 12.3. The van der Waals surface area contributed by atoms with Gasteiger partial charge < -0.3 is 29.9 Å². The van der Waals surface area contributed by atoms with Crippen LogP contribution in [0.3, 0.4) is 0 Å². The van der Waals surface area contributed by atoms with E-state index in [9.17, 15) is 20.4 Å². The molecule has 4 N–H and O–H groups in total. The Morgan fingerprint density at radius 1 is 1.12 bits per heavy atom. The highest BCUT2D eigenvalue weighted by Gasteiger charge is 2.74. The van der Waals surface area contributed by atoms with E-state index >= 15 is 0 Å². The van der Waals surface area contributed by atoms with Crippen molar-refractivity contribution in [2.75, 3.05) is 7.11 Å². The van der Waals surface area contributed by atoms with Gasteiger partial charge in [0.1, 0.15) is 23.9 Å². The second-order valence-corrected chi connectivity index (χ2v) is 5.09. The van der Waals surface area contributed by atoms with E-state index in [2.05, 4.69) is 0 Å². The first-order chi connectivity index (χ1) is 7.28. The van der Waals surface area contributed by atoms with Crippen LogP contribution >= 0.6 is 0 Å². The topological polar surface area (TPSA) is 99.4 Å². The molecule has 0 spiro atoms. The van der Waals surface area contributed by atoms with Crippen molar-refractivity contribution in [3.63, 3.8) is 0 Å². The van der Waals surface area contributed by atoms with Crippen LogP contribution in [-0.4, -0.2) is 63.8 Å². The van der Waals surface area contributed by atoms with Crippen LogP contribution in [0, 0.1) is 5.41 Å². The molecule has 6 atom stereocenters. The fraction of sp³-hybridized carbons (Fsp3) is 1.00. The predicted molar refractivity (Wildman–Crippen MR) is 52.4 cm³/mol. The van der Waals surface area contributed by atoms with Crippen molar-refractivity contribution >= 4 is 0 Å². The van der Waals surface area contributed by atoms with Gasteiger partial charge in [0, 0.05) is 12.5 Å². The van der Waals surface area contributed by atoms with Crippen LogP contribution in [-0.2, 0) is 9.47 Å². The van der Waals surface area contributed by atoms with E-state index in [1.54, 1.807) is 13.8 Å². The number of rotatable bonds is 1. The Labute approximate surface area is 93.4 Å². The second-order valence-electron chi connectivity index (χ2n) is 5.09. The van der Waals surface area contributed by atoms with Crippen molar-refractivity contribution in [2.24, 2.45) is 5.41 Å². The van der Waals surface area contributed by atoms with Gasteiger partial charge in [-0.1, -0.05) is 13.8 Å². The van der Waals surface area contributed by atoms with Crippen LogP contribution < -0.4 is 0 Å². The Morgan fingerprint density at radius 3 is 2.19 bits per heavy atom. The summed E-state index contributed by atoms with van der Waals surface area (Å²) in [5, 5.41) is 39.8. The summed E-state index contributed by atoms with van der Waals surface area (Å²) < 4.78 is 10.1. The van der Waals surface area contributed by atoms with Gasteiger partial charge in [0.25, 0.3) is 0 Å². The molecule has 0 radical (unpaired) electrons. The van der Waals surface area contributed by atoms with Crippen LogP contribution in [0.15, 0.2) is 0 Å². The standard InChI is InChI=1S/C10H18O6/c1-9(2)6(13)7-10(9,14)5(12)4(11)8(15-3)16-7/h4-8,11-14H,1-3H3/t4-,5-,6?,7-,8?,10+/m1/s1. The van der Waals surface area contributed by atoms with Crippen molar-refractivity contribution in [2.45, 2.75) is 50.2 Å². The van der Waals surface area contributed by atoms with E-state index in [0.29, 0.717) is 0 Å². The summed E-state index contributed by atoms with van der Waals surface area (Å²) in [7, 11) is 1.32. The molecule has 2 aliphatic rings. The molecule has 0 aromatic carbocycles. The molecule has 0 aromatic rings. The number of fused-ring (bicyclic) bond motifs is 1. The van der Waals surface area contributed by atoms with Gasteiger partial charge in [0.2, 0.25) is 0 Å². The first-order valence-electron chi connectivity index (χ1n) is 5.23.